The zero-order valence-electron chi connectivity index (χ0n) is 13.8. The quantitative estimate of drug-likeness (QED) is 0.880. The summed E-state index contributed by atoms with van der Waals surface area (Å²) in [5.41, 5.74) is 1.56. The highest BCUT2D eigenvalue weighted by Crippen LogP contribution is 2.20. The van der Waals surface area contributed by atoms with Crippen molar-refractivity contribution in [2.75, 3.05) is 19.6 Å². The Labute approximate surface area is 142 Å². The lowest BCUT2D eigenvalue weighted by Gasteiger charge is -2.33. The summed E-state index contributed by atoms with van der Waals surface area (Å²) in [6.07, 6.45) is 1.53. The normalized spacial score (nSPS) is 17.8. The van der Waals surface area contributed by atoms with Crippen LogP contribution in [-0.4, -0.2) is 35.7 Å². The van der Waals surface area contributed by atoms with Gasteiger partial charge in [0.2, 0.25) is 0 Å². The highest BCUT2D eigenvalue weighted by Gasteiger charge is 2.22. The zero-order chi connectivity index (χ0) is 16.8. The molecule has 1 saturated heterocycles. The minimum atomic E-state index is -0.456. The smallest absolute Gasteiger partial charge is 0.128 e. The summed E-state index contributed by atoms with van der Waals surface area (Å²) in [5, 5.41) is 10.3. The first-order valence-corrected chi connectivity index (χ1v) is 8.53. The molecule has 1 fully saturated rings. The standard InChI is InChI=1S/C20H24FNO2/c21-19-9-5-4-8-17(19)15-24-18-10-12-22(13-11-18)14-20(23)16-6-2-1-3-7-16/h1-9,18,20,23H,10-15H2. The molecule has 1 unspecified atom stereocenters. The first-order valence-electron chi connectivity index (χ1n) is 8.53. The summed E-state index contributed by atoms with van der Waals surface area (Å²) in [7, 11) is 0. The van der Waals surface area contributed by atoms with Crippen molar-refractivity contribution >= 4 is 0 Å². The van der Waals surface area contributed by atoms with E-state index in [0.29, 0.717) is 18.7 Å². The van der Waals surface area contributed by atoms with Crippen LogP contribution in [0.2, 0.25) is 0 Å². The minimum absolute atomic E-state index is 0.162. The Morgan fingerprint density at radius 2 is 1.71 bits per heavy atom. The molecule has 0 radical (unpaired) electrons. The number of nitrogens with zero attached hydrogens (tertiary/aromatic N) is 1. The van der Waals surface area contributed by atoms with Gasteiger partial charge in [0.05, 0.1) is 18.8 Å². The van der Waals surface area contributed by atoms with Gasteiger partial charge in [-0.25, -0.2) is 4.39 Å². The van der Waals surface area contributed by atoms with Gasteiger partial charge in [0.15, 0.2) is 0 Å². The number of halogens is 1. The number of aliphatic hydroxyl groups is 1. The molecular weight excluding hydrogens is 305 g/mol. The summed E-state index contributed by atoms with van der Waals surface area (Å²) in [6, 6.07) is 16.5. The van der Waals surface area contributed by atoms with Gasteiger partial charge < -0.3 is 14.7 Å². The van der Waals surface area contributed by atoms with Gasteiger partial charge in [0.25, 0.3) is 0 Å². The second kappa shape index (κ2) is 8.38. The number of piperidine rings is 1. The van der Waals surface area contributed by atoms with Crippen molar-refractivity contribution in [3.63, 3.8) is 0 Å². The van der Waals surface area contributed by atoms with Gasteiger partial charge in [0, 0.05) is 25.2 Å². The van der Waals surface area contributed by atoms with Crippen molar-refractivity contribution in [1.29, 1.82) is 0 Å². The third-order valence-electron chi connectivity index (χ3n) is 4.58. The van der Waals surface area contributed by atoms with Crippen molar-refractivity contribution in [2.45, 2.75) is 31.7 Å². The maximum Gasteiger partial charge on any atom is 0.128 e. The summed E-state index contributed by atoms with van der Waals surface area (Å²) in [6.45, 7) is 2.76. The van der Waals surface area contributed by atoms with E-state index in [-0.39, 0.29) is 11.9 Å². The summed E-state index contributed by atoms with van der Waals surface area (Å²) >= 11 is 0. The fraction of sp³-hybridized carbons (Fsp3) is 0.400. The van der Waals surface area contributed by atoms with Crippen LogP contribution in [0.1, 0.15) is 30.1 Å². The molecule has 0 aromatic heterocycles. The molecule has 1 heterocycles. The molecule has 0 aliphatic carbocycles. The number of ether oxygens (including phenoxy) is 1. The number of β-amino-alcohol motifs (C(OH)–C–C–N with tert-alkyl or cyclic N) is 1. The Morgan fingerprint density at radius 3 is 2.42 bits per heavy atom. The third-order valence-corrected chi connectivity index (χ3v) is 4.58. The molecule has 1 aliphatic heterocycles. The first-order chi connectivity index (χ1) is 11.7. The predicted molar refractivity (Wildman–Crippen MR) is 92.1 cm³/mol. The van der Waals surface area contributed by atoms with Crippen LogP contribution >= 0.6 is 0 Å². The number of hydrogen-bond donors (Lipinski definition) is 1. The number of benzene rings is 2. The van der Waals surface area contributed by atoms with E-state index < -0.39 is 6.10 Å². The molecule has 0 amide bonds. The summed E-state index contributed by atoms with van der Waals surface area (Å²) < 4.78 is 19.5. The molecule has 0 spiro atoms. The number of hydrogen-bond acceptors (Lipinski definition) is 3. The molecule has 3 nitrogen and oxygen atoms in total. The van der Waals surface area contributed by atoms with Crippen molar-refractivity contribution in [3.8, 4) is 0 Å². The topological polar surface area (TPSA) is 32.7 Å². The van der Waals surface area contributed by atoms with Gasteiger partial charge in [0.1, 0.15) is 5.82 Å². The second-order valence-electron chi connectivity index (χ2n) is 6.33. The molecule has 4 heteroatoms. The Balaban J connectivity index is 1.42. The Kier molecular flexibility index (Phi) is 5.96. The Hall–Kier alpha value is -1.75. The van der Waals surface area contributed by atoms with Crippen molar-refractivity contribution in [3.05, 3.63) is 71.5 Å². The third kappa shape index (κ3) is 4.63. The number of aliphatic hydroxyl groups excluding tert-OH is 1. The minimum Gasteiger partial charge on any atom is -0.387 e. The fourth-order valence-electron chi connectivity index (χ4n) is 3.11. The Bertz CT molecular complexity index is 627. The highest BCUT2D eigenvalue weighted by atomic mass is 19.1. The van der Waals surface area contributed by atoms with Gasteiger partial charge in [-0.2, -0.15) is 0 Å². The average Bonchev–Trinajstić information content (AvgIpc) is 2.63. The van der Waals surface area contributed by atoms with E-state index in [9.17, 15) is 9.50 Å². The molecule has 1 aliphatic rings. The zero-order valence-corrected chi connectivity index (χ0v) is 13.8. The molecule has 2 aromatic carbocycles. The molecule has 1 atom stereocenters. The lowest BCUT2D eigenvalue weighted by molar-refractivity contribution is -0.0117. The van der Waals surface area contributed by atoms with Crippen LogP contribution < -0.4 is 0 Å². The predicted octanol–water partition coefficient (Wildman–Crippen LogP) is 3.54. The number of rotatable bonds is 6. The van der Waals surface area contributed by atoms with Gasteiger partial charge in [-0.15, -0.1) is 0 Å². The van der Waals surface area contributed by atoms with E-state index in [1.54, 1.807) is 12.1 Å². The monoisotopic (exact) mass is 329 g/mol. The molecule has 24 heavy (non-hydrogen) atoms. The van der Waals surface area contributed by atoms with Crippen molar-refractivity contribution in [2.24, 2.45) is 0 Å². The Morgan fingerprint density at radius 1 is 1.04 bits per heavy atom. The lowest BCUT2D eigenvalue weighted by Crippen LogP contribution is -2.39. The molecule has 2 aromatic rings. The van der Waals surface area contributed by atoms with Crippen LogP contribution in [0.3, 0.4) is 0 Å². The molecule has 0 saturated carbocycles. The second-order valence-corrected chi connectivity index (χ2v) is 6.33. The van der Waals surface area contributed by atoms with Crippen molar-refractivity contribution < 1.29 is 14.2 Å². The van der Waals surface area contributed by atoms with Gasteiger partial charge in [-0.05, 0) is 24.5 Å². The highest BCUT2D eigenvalue weighted by molar-refractivity contribution is 5.18. The van der Waals surface area contributed by atoms with Crippen LogP contribution in [-0.2, 0) is 11.3 Å². The van der Waals surface area contributed by atoms with E-state index in [2.05, 4.69) is 4.90 Å². The van der Waals surface area contributed by atoms with Gasteiger partial charge in [-0.1, -0.05) is 48.5 Å². The van der Waals surface area contributed by atoms with E-state index in [1.165, 1.54) is 6.07 Å². The molecule has 128 valence electrons. The average molecular weight is 329 g/mol. The van der Waals surface area contributed by atoms with Crippen LogP contribution in [0, 0.1) is 5.82 Å². The van der Waals surface area contributed by atoms with Crippen LogP contribution in [0.25, 0.3) is 0 Å². The number of likely N-dealkylation sites (tertiary alicyclic amines) is 1. The maximum absolute atomic E-state index is 13.6. The van der Waals surface area contributed by atoms with E-state index >= 15 is 0 Å². The lowest BCUT2D eigenvalue weighted by atomic mass is 10.0. The fourth-order valence-corrected chi connectivity index (χ4v) is 3.11. The van der Waals surface area contributed by atoms with Crippen molar-refractivity contribution in [1.82, 2.24) is 4.90 Å². The van der Waals surface area contributed by atoms with E-state index in [4.69, 9.17) is 4.74 Å². The maximum atomic E-state index is 13.6. The van der Waals surface area contributed by atoms with Crippen LogP contribution in [0.4, 0.5) is 4.39 Å². The molecule has 3 rings (SSSR count). The SMILES string of the molecule is OC(CN1CCC(OCc2ccccc2F)CC1)c1ccccc1. The molecule has 1 N–H and O–H groups in total. The largest absolute Gasteiger partial charge is 0.387 e. The van der Waals surface area contributed by atoms with E-state index in [1.807, 2.05) is 36.4 Å². The first kappa shape index (κ1) is 17.1. The molecule has 0 bridgehead atoms. The molecular formula is C20H24FNO2. The van der Waals surface area contributed by atoms with Gasteiger partial charge in [-0.3, -0.25) is 0 Å². The van der Waals surface area contributed by atoms with Crippen LogP contribution in [0.5, 0.6) is 0 Å². The van der Waals surface area contributed by atoms with Crippen LogP contribution in [0.15, 0.2) is 54.6 Å². The van der Waals surface area contributed by atoms with Gasteiger partial charge >= 0.3 is 0 Å². The van der Waals surface area contributed by atoms with E-state index in [0.717, 1.165) is 31.5 Å². The summed E-state index contributed by atoms with van der Waals surface area (Å²) in [5.74, 6) is -0.207. The summed E-state index contributed by atoms with van der Waals surface area (Å²) in [4.78, 5) is 2.26.